The predicted molar refractivity (Wildman–Crippen MR) is 52.7 cm³/mol. The highest BCUT2D eigenvalue weighted by Gasteiger charge is 2.34. The molecule has 1 saturated heterocycles. The number of nitrogens with one attached hydrogen (secondary N) is 1. The largest absolute Gasteiger partial charge is 0.317 e. The van der Waals surface area contributed by atoms with E-state index in [9.17, 15) is 4.39 Å². The van der Waals surface area contributed by atoms with E-state index < -0.39 is 5.67 Å². The average Bonchev–Trinajstić information content (AvgIpc) is 2.47. The number of alkyl halides is 1. The van der Waals surface area contributed by atoms with Crippen LogP contribution in [0.15, 0.2) is 12.3 Å². The van der Waals surface area contributed by atoms with Gasteiger partial charge in [0.2, 0.25) is 0 Å². The molecule has 1 N–H and O–H groups in total. The van der Waals surface area contributed by atoms with Crippen molar-refractivity contribution in [2.75, 3.05) is 13.1 Å². The van der Waals surface area contributed by atoms with E-state index in [2.05, 4.69) is 10.4 Å². The van der Waals surface area contributed by atoms with Gasteiger partial charge in [-0.1, -0.05) is 0 Å². The summed E-state index contributed by atoms with van der Waals surface area (Å²) in [6, 6.07) is 1.78. The summed E-state index contributed by atoms with van der Waals surface area (Å²) in [6.07, 6.45) is 3.79. The minimum absolute atomic E-state index is 0.532. The molecule has 1 fully saturated rings. The average molecular weight is 197 g/mol. The van der Waals surface area contributed by atoms with Crippen molar-refractivity contribution in [1.29, 1.82) is 0 Å². The van der Waals surface area contributed by atoms with Crippen molar-refractivity contribution in [3.63, 3.8) is 0 Å². The molecule has 78 valence electrons. The lowest BCUT2D eigenvalue weighted by Gasteiger charge is -2.20. The molecule has 0 saturated carbocycles. The third-order valence-electron chi connectivity index (χ3n) is 2.80. The van der Waals surface area contributed by atoms with Crippen molar-refractivity contribution in [3.05, 3.63) is 18.0 Å². The summed E-state index contributed by atoms with van der Waals surface area (Å²) in [4.78, 5) is 0. The molecule has 3 nitrogen and oxygen atoms in total. The third-order valence-corrected chi connectivity index (χ3v) is 2.80. The number of nitrogens with zero attached hydrogens (tertiary/aromatic N) is 2. The quantitative estimate of drug-likeness (QED) is 0.736. The van der Waals surface area contributed by atoms with E-state index in [0.717, 1.165) is 19.5 Å². The molecule has 0 aromatic carbocycles. The van der Waals surface area contributed by atoms with Crippen LogP contribution in [0, 0.1) is 0 Å². The Morgan fingerprint density at radius 1 is 1.50 bits per heavy atom. The first-order valence-electron chi connectivity index (χ1n) is 5.10. The summed E-state index contributed by atoms with van der Waals surface area (Å²) in [5, 5.41) is 7.37. The molecule has 1 unspecified atom stereocenters. The monoisotopic (exact) mass is 197 g/mol. The fourth-order valence-corrected chi connectivity index (χ4v) is 1.94. The first-order valence-corrected chi connectivity index (χ1v) is 5.10. The van der Waals surface area contributed by atoms with Crippen molar-refractivity contribution in [1.82, 2.24) is 15.1 Å². The minimum atomic E-state index is -1.22. The normalized spacial score (nSPS) is 28.7. The fraction of sp³-hybridized carbons (Fsp3) is 0.700. The topological polar surface area (TPSA) is 29.9 Å². The highest BCUT2D eigenvalue weighted by atomic mass is 19.1. The zero-order chi connectivity index (χ0) is 10.0. The van der Waals surface area contributed by atoms with Gasteiger partial charge in [0.05, 0.1) is 5.69 Å². The van der Waals surface area contributed by atoms with Crippen LogP contribution in [0.3, 0.4) is 0 Å². The molecule has 1 aliphatic heterocycles. The van der Waals surface area contributed by atoms with Gasteiger partial charge in [-0.05, 0) is 38.4 Å². The molecule has 1 aromatic heterocycles. The molecule has 0 spiro atoms. The molecule has 0 radical (unpaired) electrons. The van der Waals surface area contributed by atoms with Gasteiger partial charge in [0.25, 0.3) is 0 Å². The highest BCUT2D eigenvalue weighted by molar-refractivity contribution is 5.11. The second kappa shape index (κ2) is 3.69. The minimum Gasteiger partial charge on any atom is -0.317 e. The molecule has 1 atom stereocenters. The Labute approximate surface area is 83.3 Å². The van der Waals surface area contributed by atoms with Gasteiger partial charge < -0.3 is 5.32 Å². The number of hydrogen-bond acceptors (Lipinski definition) is 2. The Morgan fingerprint density at radius 2 is 2.36 bits per heavy atom. The molecular formula is C10H16FN3. The SMILES string of the molecule is Cn1ccc(C2(F)CCCNCC2)n1. The van der Waals surface area contributed by atoms with Gasteiger partial charge in [-0.3, -0.25) is 4.68 Å². The van der Waals surface area contributed by atoms with E-state index in [1.54, 1.807) is 16.9 Å². The summed E-state index contributed by atoms with van der Waals surface area (Å²) < 4.78 is 16.1. The molecule has 1 aliphatic rings. The van der Waals surface area contributed by atoms with Gasteiger partial charge in [-0.15, -0.1) is 0 Å². The fourth-order valence-electron chi connectivity index (χ4n) is 1.94. The van der Waals surface area contributed by atoms with E-state index in [4.69, 9.17) is 0 Å². The molecular weight excluding hydrogens is 181 g/mol. The van der Waals surface area contributed by atoms with Crippen LogP contribution in [0.2, 0.25) is 0 Å². The standard InChI is InChI=1S/C10H16FN3/c1-14-8-3-9(13-14)10(11)4-2-6-12-7-5-10/h3,8,12H,2,4-7H2,1H3. The third kappa shape index (κ3) is 1.80. The van der Waals surface area contributed by atoms with Gasteiger partial charge in [0.1, 0.15) is 0 Å². The maximum atomic E-state index is 14.5. The molecule has 4 heteroatoms. The molecule has 2 rings (SSSR count). The van der Waals surface area contributed by atoms with Crippen LogP contribution in [0.1, 0.15) is 25.0 Å². The second-order valence-corrected chi connectivity index (χ2v) is 3.94. The molecule has 1 aromatic rings. The summed E-state index contributed by atoms with van der Waals surface area (Å²) in [5.41, 5.74) is -0.631. The van der Waals surface area contributed by atoms with E-state index in [-0.39, 0.29) is 0 Å². The summed E-state index contributed by atoms with van der Waals surface area (Å²) in [7, 11) is 1.82. The number of rotatable bonds is 1. The Hall–Kier alpha value is -0.900. The first kappa shape index (κ1) is 9.65. The number of aryl methyl sites for hydroxylation is 1. The number of hydrogen-bond donors (Lipinski definition) is 1. The number of halogens is 1. The van der Waals surface area contributed by atoms with E-state index >= 15 is 0 Å². The summed E-state index contributed by atoms with van der Waals surface area (Å²) >= 11 is 0. The lowest BCUT2D eigenvalue weighted by atomic mass is 9.93. The molecule has 0 aliphatic carbocycles. The number of aromatic nitrogens is 2. The van der Waals surface area contributed by atoms with Crippen LogP contribution in [0.4, 0.5) is 4.39 Å². The zero-order valence-electron chi connectivity index (χ0n) is 8.46. The lowest BCUT2D eigenvalue weighted by molar-refractivity contribution is 0.138. The first-order chi connectivity index (χ1) is 6.71. The van der Waals surface area contributed by atoms with Crippen molar-refractivity contribution in [2.24, 2.45) is 7.05 Å². The maximum absolute atomic E-state index is 14.5. The van der Waals surface area contributed by atoms with Gasteiger partial charge in [-0.2, -0.15) is 5.10 Å². The van der Waals surface area contributed by atoms with Crippen molar-refractivity contribution in [3.8, 4) is 0 Å². The van der Waals surface area contributed by atoms with Crippen LogP contribution in [-0.2, 0) is 12.7 Å². The van der Waals surface area contributed by atoms with Crippen molar-refractivity contribution in [2.45, 2.75) is 24.9 Å². The van der Waals surface area contributed by atoms with Crippen LogP contribution < -0.4 is 5.32 Å². The Morgan fingerprint density at radius 3 is 3.07 bits per heavy atom. The molecule has 0 bridgehead atoms. The Bertz CT molecular complexity index is 300. The van der Waals surface area contributed by atoms with E-state index in [0.29, 0.717) is 18.5 Å². The van der Waals surface area contributed by atoms with Crippen LogP contribution in [-0.4, -0.2) is 22.9 Å². The van der Waals surface area contributed by atoms with Gasteiger partial charge in [0, 0.05) is 13.2 Å². The molecule has 14 heavy (non-hydrogen) atoms. The lowest BCUT2D eigenvalue weighted by Crippen LogP contribution is -2.23. The summed E-state index contributed by atoms with van der Waals surface area (Å²) in [6.45, 7) is 1.66. The molecule has 0 amide bonds. The van der Waals surface area contributed by atoms with Gasteiger partial charge in [-0.25, -0.2) is 4.39 Å². The van der Waals surface area contributed by atoms with Crippen LogP contribution in [0.25, 0.3) is 0 Å². The highest BCUT2D eigenvalue weighted by Crippen LogP contribution is 2.34. The van der Waals surface area contributed by atoms with Crippen molar-refractivity contribution >= 4 is 0 Å². The van der Waals surface area contributed by atoms with Crippen LogP contribution in [0.5, 0.6) is 0 Å². The zero-order valence-corrected chi connectivity index (χ0v) is 8.46. The second-order valence-electron chi connectivity index (χ2n) is 3.94. The van der Waals surface area contributed by atoms with Gasteiger partial charge in [0.15, 0.2) is 5.67 Å². The van der Waals surface area contributed by atoms with Crippen molar-refractivity contribution < 1.29 is 4.39 Å². The Kier molecular flexibility index (Phi) is 2.54. The van der Waals surface area contributed by atoms with Crippen LogP contribution >= 0.6 is 0 Å². The smallest absolute Gasteiger partial charge is 0.155 e. The predicted octanol–water partition coefficient (Wildman–Crippen LogP) is 1.36. The Balaban J connectivity index is 2.20. The maximum Gasteiger partial charge on any atom is 0.155 e. The van der Waals surface area contributed by atoms with E-state index in [1.807, 2.05) is 7.05 Å². The van der Waals surface area contributed by atoms with E-state index in [1.165, 1.54) is 0 Å². The summed E-state index contributed by atoms with van der Waals surface area (Å²) in [5.74, 6) is 0. The molecule has 2 heterocycles. The van der Waals surface area contributed by atoms with Gasteiger partial charge >= 0.3 is 0 Å².